The first-order valence-electron chi connectivity index (χ1n) is 8.42. The number of para-hydroxylation sites is 1. The van der Waals surface area contributed by atoms with Gasteiger partial charge in [-0.15, -0.1) is 0 Å². The van der Waals surface area contributed by atoms with E-state index in [4.69, 9.17) is 11.6 Å². The molecule has 0 unspecified atom stereocenters. The number of carbonyl (C=O) groups is 1. The molecule has 0 N–H and O–H groups in total. The van der Waals surface area contributed by atoms with Gasteiger partial charge in [0.2, 0.25) is 0 Å². The van der Waals surface area contributed by atoms with E-state index in [-0.39, 0.29) is 5.91 Å². The van der Waals surface area contributed by atoms with Crippen LogP contribution < -0.4 is 0 Å². The van der Waals surface area contributed by atoms with Crippen molar-refractivity contribution in [2.75, 3.05) is 6.54 Å². The summed E-state index contributed by atoms with van der Waals surface area (Å²) in [6.45, 7) is 1.68. The minimum atomic E-state index is 0.171. The lowest BCUT2D eigenvalue weighted by Gasteiger charge is -2.29. The van der Waals surface area contributed by atoms with Crippen LogP contribution in [0, 0.1) is 0 Å². The van der Waals surface area contributed by atoms with E-state index in [0.717, 1.165) is 53.7 Å². The molecule has 1 amide bonds. The van der Waals surface area contributed by atoms with Crippen molar-refractivity contribution in [1.29, 1.82) is 0 Å². The van der Waals surface area contributed by atoms with Crippen molar-refractivity contribution in [3.63, 3.8) is 0 Å². The van der Waals surface area contributed by atoms with Gasteiger partial charge < -0.3 is 9.47 Å². The summed E-state index contributed by atoms with van der Waals surface area (Å²) >= 11 is 6.06. The topological polar surface area (TPSA) is 25.2 Å². The molecule has 1 aromatic heterocycles. The zero-order valence-corrected chi connectivity index (χ0v) is 14.0. The summed E-state index contributed by atoms with van der Waals surface area (Å²) in [5, 5.41) is 1.85. The monoisotopic (exact) mass is 336 g/mol. The minimum absolute atomic E-state index is 0.171. The number of aromatic nitrogens is 1. The standard InChI is InChI=1S/C20H17ClN2O/c21-14-7-5-13(6-8-14)18-16-3-1-2-4-17(16)23-12-11-22(15-9-10-15)20(24)19(18)23/h1-8,15H,9-12H2. The summed E-state index contributed by atoms with van der Waals surface area (Å²) in [7, 11) is 0. The first-order valence-corrected chi connectivity index (χ1v) is 8.80. The zero-order chi connectivity index (χ0) is 16.3. The Labute approximate surface area is 145 Å². The first-order chi connectivity index (χ1) is 11.7. The molecule has 1 fully saturated rings. The molecule has 4 heteroatoms. The Morgan fingerprint density at radius 2 is 1.71 bits per heavy atom. The number of rotatable bonds is 2. The normalized spacial score (nSPS) is 17.4. The fraction of sp³-hybridized carbons (Fsp3) is 0.250. The lowest BCUT2D eigenvalue weighted by Crippen LogP contribution is -2.41. The van der Waals surface area contributed by atoms with Crippen molar-refractivity contribution in [3.05, 3.63) is 59.2 Å². The van der Waals surface area contributed by atoms with Crippen LogP contribution in [0.4, 0.5) is 0 Å². The Morgan fingerprint density at radius 3 is 2.46 bits per heavy atom. The van der Waals surface area contributed by atoms with Gasteiger partial charge in [0.25, 0.3) is 5.91 Å². The Balaban J connectivity index is 1.79. The van der Waals surface area contributed by atoms with Crippen molar-refractivity contribution in [1.82, 2.24) is 9.47 Å². The van der Waals surface area contributed by atoms with Crippen molar-refractivity contribution in [2.45, 2.75) is 25.4 Å². The maximum atomic E-state index is 13.2. The molecule has 2 heterocycles. The molecular formula is C20H17ClN2O. The van der Waals surface area contributed by atoms with Crippen LogP contribution in [0.15, 0.2) is 48.5 Å². The van der Waals surface area contributed by atoms with Gasteiger partial charge >= 0.3 is 0 Å². The fourth-order valence-corrected chi connectivity index (χ4v) is 3.97. The van der Waals surface area contributed by atoms with E-state index < -0.39 is 0 Å². The van der Waals surface area contributed by atoms with Crippen LogP contribution >= 0.6 is 11.6 Å². The molecule has 24 heavy (non-hydrogen) atoms. The molecule has 5 rings (SSSR count). The molecule has 0 bridgehead atoms. The summed E-state index contributed by atoms with van der Waals surface area (Å²) in [6.07, 6.45) is 2.28. The SMILES string of the molecule is O=C1c2c(-c3ccc(Cl)cc3)c3ccccc3n2CCN1C1CC1. The zero-order valence-electron chi connectivity index (χ0n) is 13.2. The van der Waals surface area contributed by atoms with Gasteiger partial charge in [0.05, 0.1) is 0 Å². The maximum absolute atomic E-state index is 13.2. The molecule has 3 nitrogen and oxygen atoms in total. The Kier molecular flexibility index (Phi) is 3.01. The van der Waals surface area contributed by atoms with Crippen molar-refractivity contribution >= 4 is 28.4 Å². The summed E-state index contributed by atoms with van der Waals surface area (Å²) < 4.78 is 2.19. The molecule has 1 saturated carbocycles. The molecule has 120 valence electrons. The molecule has 1 aliphatic carbocycles. The molecule has 2 aromatic carbocycles. The predicted octanol–water partition coefficient (Wildman–Crippen LogP) is 4.58. The van der Waals surface area contributed by atoms with Gasteiger partial charge in [-0.05, 0) is 36.6 Å². The van der Waals surface area contributed by atoms with E-state index in [9.17, 15) is 4.79 Å². The lowest BCUT2D eigenvalue weighted by atomic mass is 10.0. The van der Waals surface area contributed by atoms with Gasteiger partial charge in [-0.3, -0.25) is 4.79 Å². The van der Waals surface area contributed by atoms with Crippen LogP contribution in [-0.2, 0) is 6.54 Å². The number of hydrogen-bond acceptors (Lipinski definition) is 1. The van der Waals surface area contributed by atoms with E-state index >= 15 is 0 Å². The quantitative estimate of drug-likeness (QED) is 0.672. The highest BCUT2D eigenvalue weighted by atomic mass is 35.5. The average Bonchev–Trinajstić information content (AvgIpc) is 3.38. The van der Waals surface area contributed by atoms with Crippen molar-refractivity contribution in [3.8, 4) is 11.1 Å². The molecule has 0 radical (unpaired) electrons. The van der Waals surface area contributed by atoms with Gasteiger partial charge in [-0.1, -0.05) is 41.9 Å². The summed E-state index contributed by atoms with van der Waals surface area (Å²) in [4.78, 5) is 15.3. The van der Waals surface area contributed by atoms with E-state index in [1.54, 1.807) is 0 Å². The summed E-state index contributed by atoms with van der Waals surface area (Å²) in [5.41, 5.74) is 4.06. The summed E-state index contributed by atoms with van der Waals surface area (Å²) in [6, 6.07) is 16.5. The molecule has 3 aromatic rings. The largest absolute Gasteiger partial charge is 0.334 e. The molecular weight excluding hydrogens is 320 g/mol. The number of benzene rings is 2. The number of nitrogens with zero attached hydrogens (tertiary/aromatic N) is 2. The second-order valence-electron chi connectivity index (χ2n) is 6.63. The highest BCUT2D eigenvalue weighted by Crippen LogP contribution is 2.39. The molecule has 0 atom stereocenters. The van der Waals surface area contributed by atoms with Gasteiger partial charge in [-0.25, -0.2) is 0 Å². The first kappa shape index (κ1) is 14.1. The van der Waals surface area contributed by atoms with E-state index in [1.807, 2.05) is 36.4 Å². The predicted molar refractivity (Wildman–Crippen MR) is 96.4 cm³/mol. The van der Waals surface area contributed by atoms with Gasteiger partial charge in [0.15, 0.2) is 0 Å². The fourth-order valence-electron chi connectivity index (χ4n) is 3.85. The molecule has 2 aliphatic rings. The van der Waals surface area contributed by atoms with Crippen molar-refractivity contribution < 1.29 is 4.79 Å². The molecule has 1 aliphatic heterocycles. The summed E-state index contributed by atoms with van der Waals surface area (Å²) in [5.74, 6) is 0.171. The number of halogens is 1. The highest BCUT2D eigenvalue weighted by molar-refractivity contribution is 6.30. The second kappa shape index (κ2) is 5.12. The van der Waals surface area contributed by atoms with Crippen LogP contribution in [0.25, 0.3) is 22.0 Å². The molecule has 0 spiro atoms. The number of fused-ring (bicyclic) bond motifs is 3. The third-order valence-electron chi connectivity index (χ3n) is 5.12. The van der Waals surface area contributed by atoms with E-state index in [2.05, 4.69) is 21.6 Å². The Hall–Kier alpha value is -2.26. The van der Waals surface area contributed by atoms with Gasteiger partial charge in [0.1, 0.15) is 5.69 Å². The van der Waals surface area contributed by atoms with Crippen molar-refractivity contribution in [2.24, 2.45) is 0 Å². The Morgan fingerprint density at radius 1 is 0.958 bits per heavy atom. The average molecular weight is 337 g/mol. The maximum Gasteiger partial charge on any atom is 0.271 e. The Bertz CT molecular complexity index is 954. The van der Waals surface area contributed by atoms with Gasteiger partial charge in [-0.2, -0.15) is 0 Å². The van der Waals surface area contributed by atoms with E-state index in [1.165, 1.54) is 0 Å². The van der Waals surface area contributed by atoms with Crippen LogP contribution in [0.2, 0.25) is 5.02 Å². The lowest BCUT2D eigenvalue weighted by molar-refractivity contribution is 0.0694. The van der Waals surface area contributed by atoms with Crippen LogP contribution in [0.3, 0.4) is 0 Å². The minimum Gasteiger partial charge on any atom is -0.334 e. The number of carbonyl (C=O) groups excluding carboxylic acids is 1. The third kappa shape index (κ3) is 2.01. The highest BCUT2D eigenvalue weighted by Gasteiger charge is 2.38. The van der Waals surface area contributed by atoms with E-state index in [0.29, 0.717) is 11.1 Å². The second-order valence-corrected chi connectivity index (χ2v) is 7.07. The third-order valence-corrected chi connectivity index (χ3v) is 5.37. The van der Waals surface area contributed by atoms with Crippen LogP contribution in [0.5, 0.6) is 0 Å². The number of hydrogen-bond donors (Lipinski definition) is 0. The smallest absolute Gasteiger partial charge is 0.271 e. The van der Waals surface area contributed by atoms with Crippen LogP contribution in [0.1, 0.15) is 23.3 Å². The van der Waals surface area contributed by atoms with Gasteiger partial charge in [0, 0.05) is 40.6 Å². The van der Waals surface area contributed by atoms with Crippen LogP contribution in [-0.4, -0.2) is 28.0 Å². The number of amides is 1. The molecule has 0 saturated heterocycles.